The summed E-state index contributed by atoms with van der Waals surface area (Å²) in [6.45, 7) is 6.58. The number of aryl methyl sites for hydroxylation is 1. The minimum absolute atomic E-state index is 0.103. The van der Waals surface area contributed by atoms with Crippen molar-refractivity contribution in [2.45, 2.75) is 27.2 Å². The molecule has 0 radical (unpaired) electrons. The van der Waals surface area contributed by atoms with E-state index in [4.69, 9.17) is 0 Å². The molecular formula is C10H19N3O. The van der Waals surface area contributed by atoms with Crippen molar-refractivity contribution in [1.82, 2.24) is 15.0 Å². The van der Waals surface area contributed by atoms with Gasteiger partial charge in [0, 0.05) is 19.9 Å². The van der Waals surface area contributed by atoms with E-state index in [-0.39, 0.29) is 17.9 Å². The fourth-order valence-electron chi connectivity index (χ4n) is 1.39. The van der Waals surface area contributed by atoms with Gasteiger partial charge in [0.25, 0.3) is 0 Å². The third-order valence-corrected chi connectivity index (χ3v) is 2.55. The van der Waals surface area contributed by atoms with Crippen LogP contribution < -0.4 is 0 Å². The van der Waals surface area contributed by atoms with Crippen LogP contribution in [0.3, 0.4) is 0 Å². The molecule has 0 amide bonds. The van der Waals surface area contributed by atoms with Gasteiger partial charge in [0.05, 0.1) is 5.69 Å². The molecule has 0 spiro atoms. The maximum absolute atomic E-state index is 9.27. The Labute approximate surface area is 84.9 Å². The average molecular weight is 197 g/mol. The number of hydrogen-bond acceptors (Lipinski definition) is 3. The lowest BCUT2D eigenvalue weighted by molar-refractivity contribution is 0.130. The molecule has 1 aromatic heterocycles. The van der Waals surface area contributed by atoms with Crippen molar-refractivity contribution in [3.63, 3.8) is 0 Å². The van der Waals surface area contributed by atoms with Gasteiger partial charge < -0.3 is 5.11 Å². The van der Waals surface area contributed by atoms with Crippen LogP contribution in [0.5, 0.6) is 0 Å². The second kappa shape index (κ2) is 4.09. The topological polar surface area (TPSA) is 50.9 Å². The molecule has 1 atom stereocenters. The van der Waals surface area contributed by atoms with Gasteiger partial charge in [0.1, 0.15) is 0 Å². The monoisotopic (exact) mass is 197 g/mol. The first-order valence-electron chi connectivity index (χ1n) is 4.89. The summed E-state index contributed by atoms with van der Waals surface area (Å²) in [7, 11) is 1.85. The molecule has 0 fully saturated rings. The fourth-order valence-corrected chi connectivity index (χ4v) is 1.39. The Morgan fingerprint density at radius 2 is 2.14 bits per heavy atom. The predicted octanol–water partition coefficient (Wildman–Crippen LogP) is 1.01. The van der Waals surface area contributed by atoms with Gasteiger partial charge >= 0.3 is 0 Å². The molecule has 1 heterocycles. The minimum Gasteiger partial charge on any atom is -0.396 e. The molecule has 14 heavy (non-hydrogen) atoms. The van der Waals surface area contributed by atoms with Gasteiger partial charge in [-0.25, -0.2) is 0 Å². The molecule has 0 saturated carbocycles. The summed E-state index contributed by atoms with van der Waals surface area (Å²) in [5, 5.41) is 17.2. The quantitative estimate of drug-likeness (QED) is 0.787. The molecule has 1 unspecified atom stereocenters. The summed E-state index contributed by atoms with van der Waals surface area (Å²) in [5.74, 6) is 0.235. The maximum atomic E-state index is 9.27. The van der Waals surface area contributed by atoms with E-state index in [9.17, 15) is 5.11 Å². The maximum Gasteiger partial charge on any atom is 0.0830 e. The van der Waals surface area contributed by atoms with Crippen molar-refractivity contribution in [2.24, 2.45) is 18.4 Å². The highest BCUT2D eigenvalue weighted by Crippen LogP contribution is 2.27. The van der Waals surface area contributed by atoms with Crippen molar-refractivity contribution in [1.29, 1.82) is 0 Å². The Bertz CT molecular complexity index is 288. The number of aromatic nitrogens is 3. The Hall–Kier alpha value is -0.900. The summed E-state index contributed by atoms with van der Waals surface area (Å²) in [5.41, 5.74) is 1.05. The predicted molar refractivity (Wildman–Crippen MR) is 54.7 cm³/mol. The van der Waals surface area contributed by atoms with Crippen molar-refractivity contribution in [2.75, 3.05) is 6.61 Å². The SMILES string of the molecule is Cn1cc(CC(CO)C(C)(C)C)nn1. The highest BCUT2D eigenvalue weighted by molar-refractivity contribution is 4.95. The van der Waals surface area contributed by atoms with Gasteiger partial charge in [-0.2, -0.15) is 0 Å². The lowest BCUT2D eigenvalue weighted by Gasteiger charge is -2.28. The molecule has 0 aliphatic carbocycles. The van der Waals surface area contributed by atoms with E-state index < -0.39 is 0 Å². The van der Waals surface area contributed by atoms with Crippen LogP contribution >= 0.6 is 0 Å². The Morgan fingerprint density at radius 3 is 2.50 bits per heavy atom. The number of nitrogens with zero attached hydrogens (tertiary/aromatic N) is 3. The van der Waals surface area contributed by atoms with Crippen LogP contribution in [0.4, 0.5) is 0 Å². The van der Waals surface area contributed by atoms with E-state index in [1.54, 1.807) is 4.68 Å². The number of aliphatic hydroxyl groups is 1. The minimum atomic E-state index is 0.103. The van der Waals surface area contributed by atoms with Gasteiger partial charge in [-0.05, 0) is 17.8 Å². The first-order chi connectivity index (χ1) is 6.43. The molecule has 1 aromatic rings. The molecule has 0 bridgehead atoms. The molecule has 0 saturated heterocycles. The van der Waals surface area contributed by atoms with Crippen LogP contribution in [0.15, 0.2) is 6.20 Å². The van der Waals surface area contributed by atoms with Gasteiger partial charge in [0.2, 0.25) is 0 Å². The summed E-state index contributed by atoms with van der Waals surface area (Å²) >= 11 is 0. The van der Waals surface area contributed by atoms with Crippen LogP contribution in [0, 0.1) is 11.3 Å². The largest absolute Gasteiger partial charge is 0.396 e. The number of aliphatic hydroxyl groups excluding tert-OH is 1. The van der Waals surface area contributed by atoms with E-state index in [2.05, 4.69) is 31.1 Å². The molecular weight excluding hydrogens is 178 g/mol. The van der Waals surface area contributed by atoms with Crippen LogP contribution in [-0.4, -0.2) is 26.7 Å². The zero-order valence-corrected chi connectivity index (χ0v) is 9.36. The average Bonchev–Trinajstić information content (AvgIpc) is 2.45. The molecule has 0 aromatic carbocycles. The van der Waals surface area contributed by atoms with E-state index in [1.807, 2.05) is 13.2 Å². The third-order valence-electron chi connectivity index (χ3n) is 2.55. The van der Waals surface area contributed by atoms with Crippen LogP contribution in [-0.2, 0) is 13.5 Å². The summed E-state index contributed by atoms with van der Waals surface area (Å²) in [6.07, 6.45) is 2.68. The van der Waals surface area contributed by atoms with E-state index in [1.165, 1.54) is 0 Å². The van der Waals surface area contributed by atoms with E-state index in [0.29, 0.717) is 0 Å². The van der Waals surface area contributed by atoms with Gasteiger partial charge in [-0.1, -0.05) is 26.0 Å². The van der Waals surface area contributed by atoms with Gasteiger partial charge in [-0.3, -0.25) is 4.68 Å². The zero-order valence-electron chi connectivity index (χ0n) is 9.36. The first-order valence-corrected chi connectivity index (χ1v) is 4.89. The lowest BCUT2D eigenvalue weighted by Crippen LogP contribution is -2.26. The third kappa shape index (κ3) is 2.80. The lowest BCUT2D eigenvalue weighted by atomic mass is 9.79. The van der Waals surface area contributed by atoms with Crippen LogP contribution in [0.1, 0.15) is 26.5 Å². The summed E-state index contributed by atoms with van der Waals surface area (Å²) in [6, 6.07) is 0. The smallest absolute Gasteiger partial charge is 0.0830 e. The zero-order chi connectivity index (χ0) is 10.8. The standard InChI is InChI=1S/C10H19N3O/c1-10(2,3)8(7-14)5-9-6-13(4)12-11-9/h6,8,14H,5,7H2,1-4H3. The second-order valence-corrected chi connectivity index (χ2v) is 4.83. The van der Waals surface area contributed by atoms with E-state index >= 15 is 0 Å². The molecule has 4 heteroatoms. The van der Waals surface area contributed by atoms with Crippen molar-refractivity contribution in [3.05, 3.63) is 11.9 Å². The van der Waals surface area contributed by atoms with Crippen molar-refractivity contribution in [3.8, 4) is 0 Å². The Morgan fingerprint density at radius 1 is 1.50 bits per heavy atom. The Kier molecular flexibility index (Phi) is 3.26. The first kappa shape index (κ1) is 11.2. The number of hydrogen-bond donors (Lipinski definition) is 1. The molecule has 0 aliphatic rings. The number of rotatable bonds is 3. The van der Waals surface area contributed by atoms with Crippen molar-refractivity contribution < 1.29 is 5.11 Å². The highest BCUT2D eigenvalue weighted by atomic mass is 16.3. The Balaban J connectivity index is 2.66. The molecule has 1 rings (SSSR count). The second-order valence-electron chi connectivity index (χ2n) is 4.83. The summed E-state index contributed by atoms with van der Waals surface area (Å²) in [4.78, 5) is 0. The van der Waals surface area contributed by atoms with Gasteiger partial charge in [0.15, 0.2) is 0 Å². The fraction of sp³-hybridized carbons (Fsp3) is 0.800. The summed E-state index contributed by atoms with van der Waals surface area (Å²) < 4.78 is 1.69. The van der Waals surface area contributed by atoms with Gasteiger partial charge in [-0.15, -0.1) is 5.10 Å². The van der Waals surface area contributed by atoms with Crippen LogP contribution in [0.25, 0.3) is 0 Å². The normalized spacial score (nSPS) is 14.4. The van der Waals surface area contributed by atoms with Crippen molar-refractivity contribution >= 4 is 0 Å². The molecule has 4 nitrogen and oxygen atoms in total. The molecule has 1 N–H and O–H groups in total. The van der Waals surface area contributed by atoms with Crippen LogP contribution in [0.2, 0.25) is 0 Å². The molecule has 0 aliphatic heterocycles. The van der Waals surface area contributed by atoms with E-state index in [0.717, 1.165) is 12.1 Å². The highest BCUT2D eigenvalue weighted by Gasteiger charge is 2.24. The molecule has 80 valence electrons.